The van der Waals surface area contributed by atoms with Gasteiger partial charge in [-0.1, -0.05) is 0 Å². The van der Waals surface area contributed by atoms with E-state index in [-0.39, 0.29) is 6.54 Å². The number of hydrogen-bond donors (Lipinski definition) is 1. The highest BCUT2D eigenvalue weighted by Crippen LogP contribution is 2.37. The minimum atomic E-state index is -2.28. The van der Waals surface area contributed by atoms with Crippen molar-refractivity contribution in [2.24, 2.45) is 11.1 Å². The molecule has 0 aromatic heterocycles. The molecule has 0 atom stereocenters. The predicted molar refractivity (Wildman–Crippen MR) is 68.8 cm³/mol. The van der Waals surface area contributed by atoms with Crippen molar-refractivity contribution in [3.63, 3.8) is 0 Å². The first-order valence-corrected chi connectivity index (χ1v) is 6.98. The van der Waals surface area contributed by atoms with E-state index in [9.17, 15) is 8.78 Å². The molecular formula is C13H25F2N3. The highest BCUT2D eigenvalue weighted by molar-refractivity contribution is 4.91. The van der Waals surface area contributed by atoms with Crippen LogP contribution >= 0.6 is 0 Å². The molecule has 5 heteroatoms. The Morgan fingerprint density at radius 3 is 2.17 bits per heavy atom. The van der Waals surface area contributed by atoms with Crippen LogP contribution in [0.25, 0.3) is 0 Å². The smallest absolute Gasteiger partial charge is 0.245 e. The Hall–Kier alpha value is -0.260. The highest BCUT2D eigenvalue weighted by Gasteiger charge is 2.42. The van der Waals surface area contributed by atoms with E-state index in [2.05, 4.69) is 16.8 Å². The quantitative estimate of drug-likeness (QED) is 0.833. The summed E-state index contributed by atoms with van der Waals surface area (Å²) in [6.45, 7) is 3.94. The third kappa shape index (κ3) is 2.83. The van der Waals surface area contributed by atoms with Crippen molar-refractivity contribution in [2.45, 2.75) is 38.2 Å². The zero-order valence-corrected chi connectivity index (χ0v) is 11.2. The number of halogens is 2. The summed E-state index contributed by atoms with van der Waals surface area (Å²) >= 11 is 0. The number of rotatable bonds is 3. The first-order valence-electron chi connectivity index (χ1n) is 6.98. The van der Waals surface area contributed by atoms with Gasteiger partial charge in [-0.3, -0.25) is 0 Å². The van der Waals surface area contributed by atoms with Crippen molar-refractivity contribution in [3.05, 3.63) is 0 Å². The average molecular weight is 261 g/mol. The van der Waals surface area contributed by atoms with Gasteiger partial charge in [0.05, 0.1) is 0 Å². The molecule has 106 valence electrons. The molecule has 0 aromatic carbocycles. The summed E-state index contributed by atoms with van der Waals surface area (Å²) in [6, 6.07) is 0.592. The van der Waals surface area contributed by atoms with Crippen molar-refractivity contribution in [2.75, 3.05) is 39.8 Å². The van der Waals surface area contributed by atoms with Crippen LogP contribution in [-0.4, -0.2) is 62.0 Å². The molecule has 0 unspecified atom stereocenters. The molecule has 2 N–H and O–H groups in total. The van der Waals surface area contributed by atoms with E-state index < -0.39 is 11.8 Å². The summed E-state index contributed by atoms with van der Waals surface area (Å²) in [5.41, 5.74) is 4.66. The fourth-order valence-electron chi connectivity index (χ4n) is 3.21. The van der Waals surface area contributed by atoms with Crippen LogP contribution in [0, 0.1) is 5.41 Å². The monoisotopic (exact) mass is 261 g/mol. The summed E-state index contributed by atoms with van der Waals surface area (Å²) in [6.07, 6.45) is 1.16. The van der Waals surface area contributed by atoms with Crippen LogP contribution in [-0.2, 0) is 0 Å². The maximum atomic E-state index is 13.1. The van der Waals surface area contributed by atoms with Gasteiger partial charge in [0.25, 0.3) is 0 Å². The Balaban J connectivity index is 1.86. The highest BCUT2D eigenvalue weighted by atomic mass is 19.3. The lowest BCUT2D eigenvalue weighted by Crippen LogP contribution is -2.52. The lowest BCUT2D eigenvalue weighted by Gasteiger charge is -2.45. The van der Waals surface area contributed by atoms with E-state index in [0.29, 0.717) is 18.9 Å². The van der Waals surface area contributed by atoms with Crippen LogP contribution in [0.3, 0.4) is 0 Å². The second kappa shape index (κ2) is 5.80. The molecule has 0 saturated carbocycles. The number of likely N-dealkylation sites (tertiary alicyclic amines) is 2. The summed E-state index contributed by atoms with van der Waals surface area (Å²) in [7, 11) is 2.14. The van der Waals surface area contributed by atoms with Crippen LogP contribution in [0.15, 0.2) is 0 Å². The fourth-order valence-corrected chi connectivity index (χ4v) is 3.21. The molecule has 2 aliphatic heterocycles. The third-order valence-electron chi connectivity index (χ3n) is 4.87. The third-order valence-corrected chi connectivity index (χ3v) is 4.87. The number of hydrogen-bond acceptors (Lipinski definition) is 3. The second-order valence-corrected chi connectivity index (χ2v) is 5.94. The Labute approximate surface area is 108 Å². The van der Waals surface area contributed by atoms with Crippen LogP contribution in [0.2, 0.25) is 0 Å². The first kappa shape index (κ1) is 14.2. The molecule has 0 aromatic rings. The molecule has 2 aliphatic rings. The molecule has 3 nitrogen and oxygen atoms in total. The van der Waals surface area contributed by atoms with E-state index >= 15 is 0 Å². The first-order chi connectivity index (χ1) is 8.57. The van der Waals surface area contributed by atoms with Crippen molar-refractivity contribution in [1.29, 1.82) is 0 Å². The summed E-state index contributed by atoms with van der Waals surface area (Å²) in [4.78, 5) is 4.74. The van der Waals surface area contributed by atoms with Crippen LogP contribution in [0.5, 0.6) is 0 Å². The second-order valence-electron chi connectivity index (χ2n) is 5.94. The number of alkyl halides is 2. The molecule has 2 saturated heterocycles. The van der Waals surface area contributed by atoms with Crippen LogP contribution in [0.4, 0.5) is 8.78 Å². The molecule has 2 fully saturated rings. The van der Waals surface area contributed by atoms with Gasteiger partial charge in [0.15, 0.2) is 0 Å². The Morgan fingerprint density at radius 1 is 1.17 bits per heavy atom. The number of nitrogens with two attached hydrogens (primary N) is 1. The fraction of sp³-hybridized carbons (Fsp3) is 1.00. The normalized spacial score (nSPS) is 27.8. The van der Waals surface area contributed by atoms with E-state index in [4.69, 9.17) is 5.73 Å². The van der Waals surface area contributed by atoms with Gasteiger partial charge in [0.1, 0.15) is 0 Å². The molecule has 2 rings (SSSR count). The molecule has 0 bridgehead atoms. The molecule has 18 heavy (non-hydrogen) atoms. The average Bonchev–Trinajstić information content (AvgIpc) is 2.39. The Kier molecular flexibility index (Phi) is 4.56. The van der Waals surface area contributed by atoms with Crippen molar-refractivity contribution < 1.29 is 8.78 Å². The molecule has 0 amide bonds. The van der Waals surface area contributed by atoms with E-state index in [1.54, 1.807) is 0 Å². The number of nitrogens with zero attached hydrogens (tertiary/aromatic N) is 2. The zero-order valence-electron chi connectivity index (χ0n) is 11.2. The van der Waals surface area contributed by atoms with Gasteiger partial charge in [0, 0.05) is 18.0 Å². The Morgan fingerprint density at radius 2 is 1.72 bits per heavy atom. The number of piperidine rings is 2. The standard InChI is InChI=1S/C13H25F2N3/c1-17-6-2-11(3-7-17)18-8-4-13(10-16,5-9-18)12(14)15/h11-12H,2-10,16H2,1H3. The molecule has 2 heterocycles. The minimum absolute atomic E-state index is 0.117. The predicted octanol–water partition coefficient (Wildman–Crippen LogP) is 1.39. The minimum Gasteiger partial charge on any atom is -0.330 e. The lowest BCUT2D eigenvalue weighted by atomic mass is 9.78. The molecule has 0 spiro atoms. The van der Waals surface area contributed by atoms with Crippen LogP contribution < -0.4 is 5.73 Å². The van der Waals surface area contributed by atoms with Gasteiger partial charge in [-0.25, -0.2) is 8.78 Å². The van der Waals surface area contributed by atoms with Gasteiger partial charge in [0.2, 0.25) is 6.43 Å². The van der Waals surface area contributed by atoms with E-state index in [1.807, 2.05) is 0 Å². The van der Waals surface area contributed by atoms with Gasteiger partial charge < -0.3 is 15.5 Å². The zero-order chi connectivity index (χ0) is 13.2. The van der Waals surface area contributed by atoms with Crippen molar-refractivity contribution >= 4 is 0 Å². The SMILES string of the molecule is CN1CCC(N2CCC(CN)(C(F)F)CC2)CC1. The Bertz CT molecular complexity index is 257. The van der Waals surface area contributed by atoms with Gasteiger partial charge >= 0.3 is 0 Å². The van der Waals surface area contributed by atoms with E-state index in [1.165, 1.54) is 12.8 Å². The lowest BCUT2D eigenvalue weighted by molar-refractivity contribution is -0.0524. The maximum absolute atomic E-state index is 13.1. The van der Waals surface area contributed by atoms with E-state index in [0.717, 1.165) is 26.2 Å². The largest absolute Gasteiger partial charge is 0.330 e. The molecular weight excluding hydrogens is 236 g/mol. The van der Waals surface area contributed by atoms with Gasteiger partial charge in [-0.05, 0) is 58.9 Å². The summed E-state index contributed by atoms with van der Waals surface area (Å²) < 4.78 is 26.2. The van der Waals surface area contributed by atoms with Crippen LogP contribution in [0.1, 0.15) is 25.7 Å². The summed E-state index contributed by atoms with van der Waals surface area (Å²) in [5, 5.41) is 0. The topological polar surface area (TPSA) is 32.5 Å². The maximum Gasteiger partial charge on any atom is 0.245 e. The van der Waals surface area contributed by atoms with Gasteiger partial charge in [-0.15, -0.1) is 0 Å². The van der Waals surface area contributed by atoms with Gasteiger partial charge in [-0.2, -0.15) is 0 Å². The summed E-state index contributed by atoms with van der Waals surface area (Å²) in [5.74, 6) is 0. The molecule has 0 aliphatic carbocycles. The van der Waals surface area contributed by atoms with Crippen molar-refractivity contribution in [1.82, 2.24) is 9.80 Å². The molecule has 0 radical (unpaired) electrons. The van der Waals surface area contributed by atoms with Crippen molar-refractivity contribution in [3.8, 4) is 0 Å².